The minimum Gasteiger partial charge on any atom is -0.376 e. The van der Waals surface area contributed by atoms with Crippen LogP contribution in [0.4, 0.5) is 4.39 Å². The first-order chi connectivity index (χ1) is 8.74. The van der Waals surface area contributed by atoms with Gasteiger partial charge in [-0.25, -0.2) is 9.07 Å². The van der Waals surface area contributed by atoms with Gasteiger partial charge in [-0.15, -0.1) is 5.10 Å². The molecule has 1 aromatic carbocycles. The summed E-state index contributed by atoms with van der Waals surface area (Å²) in [5, 5.41) is 8.07. The van der Waals surface area contributed by atoms with Gasteiger partial charge in [-0.3, -0.25) is 0 Å². The summed E-state index contributed by atoms with van der Waals surface area (Å²) in [7, 11) is 0. The first kappa shape index (κ1) is 11.9. The number of hydrogen-bond acceptors (Lipinski definition) is 3. The highest BCUT2D eigenvalue weighted by molar-refractivity contribution is 6.31. The fourth-order valence-corrected chi connectivity index (χ4v) is 2.40. The van der Waals surface area contributed by atoms with Crippen molar-refractivity contribution in [3.05, 3.63) is 23.0 Å². The van der Waals surface area contributed by atoms with E-state index in [4.69, 9.17) is 16.3 Å². The molecule has 1 aliphatic heterocycles. The number of rotatable bonds is 2. The molecule has 1 aromatic heterocycles. The van der Waals surface area contributed by atoms with Crippen LogP contribution in [0.15, 0.2) is 12.1 Å². The van der Waals surface area contributed by atoms with E-state index in [0.29, 0.717) is 12.1 Å². The van der Waals surface area contributed by atoms with Crippen LogP contribution in [-0.4, -0.2) is 27.7 Å². The molecule has 3 rings (SSSR count). The van der Waals surface area contributed by atoms with Crippen molar-refractivity contribution in [1.82, 2.24) is 15.0 Å². The normalized spacial score (nSPS) is 20.4. The predicted molar refractivity (Wildman–Crippen MR) is 66.1 cm³/mol. The first-order valence-electron chi connectivity index (χ1n) is 6.04. The summed E-state index contributed by atoms with van der Waals surface area (Å²) in [5.41, 5.74) is 1.27. The monoisotopic (exact) mass is 269 g/mol. The predicted octanol–water partition coefficient (Wildman–Crippen LogP) is 2.79. The zero-order chi connectivity index (χ0) is 12.5. The second-order valence-electron chi connectivity index (χ2n) is 4.52. The molecular formula is C12H13ClFN3O. The first-order valence-corrected chi connectivity index (χ1v) is 6.41. The number of hydrogen-bond donors (Lipinski definition) is 0. The van der Waals surface area contributed by atoms with Crippen molar-refractivity contribution in [2.24, 2.45) is 0 Å². The van der Waals surface area contributed by atoms with E-state index >= 15 is 0 Å². The molecule has 1 unspecified atom stereocenters. The summed E-state index contributed by atoms with van der Waals surface area (Å²) < 4.78 is 20.7. The quantitative estimate of drug-likeness (QED) is 0.842. The Balaban J connectivity index is 1.89. The molecule has 1 fully saturated rings. The molecule has 0 spiro atoms. The van der Waals surface area contributed by atoms with E-state index in [0.717, 1.165) is 25.0 Å². The Kier molecular flexibility index (Phi) is 3.18. The van der Waals surface area contributed by atoms with E-state index in [-0.39, 0.29) is 11.1 Å². The van der Waals surface area contributed by atoms with Crippen LogP contribution in [0.3, 0.4) is 0 Å². The molecule has 0 amide bonds. The molecule has 0 radical (unpaired) electrons. The average molecular weight is 270 g/mol. The molecule has 0 bridgehead atoms. The fraction of sp³-hybridized carbons (Fsp3) is 0.500. The second-order valence-corrected chi connectivity index (χ2v) is 4.92. The van der Waals surface area contributed by atoms with Gasteiger partial charge in [-0.1, -0.05) is 16.8 Å². The van der Waals surface area contributed by atoms with Crippen molar-refractivity contribution in [3.8, 4) is 0 Å². The third-order valence-electron chi connectivity index (χ3n) is 3.21. The van der Waals surface area contributed by atoms with Gasteiger partial charge in [-0.2, -0.15) is 0 Å². The molecule has 0 N–H and O–H groups in total. The number of benzene rings is 1. The van der Waals surface area contributed by atoms with Gasteiger partial charge in [0.25, 0.3) is 0 Å². The SMILES string of the molecule is Fc1cc2nnn(CC3CCCCO3)c2cc1Cl. The maximum Gasteiger partial charge on any atom is 0.144 e. The third-order valence-corrected chi connectivity index (χ3v) is 3.50. The van der Waals surface area contributed by atoms with E-state index in [1.165, 1.54) is 12.5 Å². The summed E-state index contributed by atoms with van der Waals surface area (Å²) in [4.78, 5) is 0. The lowest BCUT2D eigenvalue weighted by Crippen LogP contribution is -2.24. The lowest BCUT2D eigenvalue weighted by atomic mass is 10.1. The van der Waals surface area contributed by atoms with E-state index in [9.17, 15) is 4.39 Å². The Morgan fingerprint density at radius 3 is 3.11 bits per heavy atom. The van der Waals surface area contributed by atoms with Crippen molar-refractivity contribution in [2.45, 2.75) is 31.9 Å². The Labute approximate surface area is 109 Å². The third kappa shape index (κ3) is 2.20. The minimum atomic E-state index is -0.467. The van der Waals surface area contributed by atoms with Crippen LogP contribution >= 0.6 is 11.6 Å². The number of aromatic nitrogens is 3. The van der Waals surface area contributed by atoms with Crippen LogP contribution in [0.1, 0.15) is 19.3 Å². The molecule has 1 atom stereocenters. The van der Waals surface area contributed by atoms with Crippen molar-refractivity contribution < 1.29 is 9.13 Å². The van der Waals surface area contributed by atoms with E-state index in [2.05, 4.69) is 10.3 Å². The Morgan fingerprint density at radius 2 is 2.33 bits per heavy atom. The van der Waals surface area contributed by atoms with Crippen LogP contribution in [0.25, 0.3) is 11.0 Å². The average Bonchev–Trinajstić information content (AvgIpc) is 2.74. The van der Waals surface area contributed by atoms with Gasteiger partial charge in [0.1, 0.15) is 11.3 Å². The summed E-state index contributed by atoms with van der Waals surface area (Å²) in [6, 6.07) is 2.87. The number of ether oxygens (including phenoxy) is 1. The van der Waals surface area contributed by atoms with Gasteiger partial charge >= 0.3 is 0 Å². The van der Waals surface area contributed by atoms with Crippen LogP contribution in [0, 0.1) is 5.82 Å². The molecule has 1 aliphatic rings. The van der Waals surface area contributed by atoms with Crippen LogP contribution in [0.2, 0.25) is 5.02 Å². The number of nitrogens with zero attached hydrogens (tertiary/aromatic N) is 3. The van der Waals surface area contributed by atoms with E-state index < -0.39 is 5.82 Å². The zero-order valence-corrected chi connectivity index (χ0v) is 10.5. The lowest BCUT2D eigenvalue weighted by Gasteiger charge is -2.22. The van der Waals surface area contributed by atoms with Gasteiger partial charge < -0.3 is 4.74 Å². The summed E-state index contributed by atoms with van der Waals surface area (Å²) in [5.74, 6) is -0.467. The molecule has 0 saturated carbocycles. The zero-order valence-electron chi connectivity index (χ0n) is 9.77. The Morgan fingerprint density at radius 1 is 1.44 bits per heavy atom. The molecule has 2 aromatic rings. The van der Waals surface area contributed by atoms with Crippen LogP contribution < -0.4 is 0 Å². The highest BCUT2D eigenvalue weighted by Gasteiger charge is 2.17. The topological polar surface area (TPSA) is 39.9 Å². The molecule has 18 heavy (non-hydrogen) atoms. The van der Waals surface area contributed by atoms with Gasteiger partial charge in [0.15, 0.2) is 0 Å². The van der Waals surface area contributed by atoms with Gasteiger partial charge in [0.2, 0.25) is 0 Å². The second kappa shape index (κ2) is 4.82. The van der Waals surface area contributed by atoms with Gasteiger partial charge in [0, 0.05) is 12.7 Å². The molecule has 0 aliphatic carbocycles. The summed E-state index contributed by atoms with van der Waals surface area (Å²) >= 11 is 5.78. The van der Waals surface area contributed by atoms with Crippen molar-refractivity contribution in [2.75, 3.05) is 6.61 Å². The molecule has 4 nitrogen and oxygen atoms in total. The maximum absolute atomic E-state index is 13.3. The fourth-order valence-electron chi connectivity index (χ4n) is 2.24. The van der Waals surface area contributed by atoms with Crippen LogP contribution in [-0.2, 0) is 11.3 Å². The van der Waals surface area contributed by atoms with Crippen molar-refractivity contribution >= 4 is 22.6 Å². The summed E-state index contributed by atoms with van der Waals surface area (Å²) in [6.07, 6.45) is 3.47. The van der Waals surface area contributed by atoms with E-state index in [1.54, 1.807) is 10.7 Å². The van der Waals surface area contributed by atoms with Gasteiger partial charge in [0.05, 0.1) is 23.2 Å². The molecule has 6 heteroatoms. The number of halogens is 2. The molecule has 96 valence electrons. The largest absolute Gasteiger partial charge is 0.376 e. The Hall–Kier alpha value is -1.20. The highest BCUT2D eigenvalue weighted by Crippen LogP contribution is 2.22. The lowest BCUT2D eigenvalue weighted by molar-refractivity contribution is 0.00443. The molecule has 2 heterocycles. The standard InChI is InChI=1S/C12H13ClFN3O/c13-9-5-12-11(6-10(9)14)15-16-17(12)7-8-3-1-2-4-18-8/h5-6,8H,1-4,7H2. The minimum absolute atomic E-state index is 0.0932. The molecular weight excluding hydrogens is 257 g/mol. The van der Waals surface area contributed by atoms with Gasteiger partial charge in [-0.05, 0) is 25.3 Å². The smallest absolute Gasteiger partial charge is 0.144 e. The molecule has 1 saturated heterocycles. The van der Waals surface area contributed by atoms with Crippen LogP contribution in [0.5, 0.6) is 0 Å². The highest BCUT2D eigenvalue weighted by atomic mass is 35.5. The van der Waals surface area contributed by atoms with E-state index in [1.807, 2.05) is 0 Å². The number of fused-ring (bicyclic) bond motifs is 1. The van der Waals surface area contributed by atoms with Crippen molar-refractivity contribution in [1.29, 1.82) is 0 Å². The Bertz CT molecular complexity index is 566. The van der Waals surface area contributed by atoms with Crippen molar-refractivity contribution in [3.63, 3.8) is 0 Å². The maximum atomic E-state index is 13.3. The summed E-state index contributed by atoms with van der Waals surface area (Å²) in [6.45, 7) is 1.44.